The first-order valence-electron chi connectivity index (χ1n) is 7.66. The van der Waals surface area contributed by atoms with E-state index in [-0.39, 0.29) is 11.5 Å². The molecule has 2 rings (SSSR count). The summed E-state index contributed by atoms with van der Waals surface area (Å²) in [5.41, 5.74) is 3.89. The molecule has 2 aromatic rings. The van der Waals surface area contributed by atoms with Gasteiger partial charge in [0.1, 0.15) is 5.75 Å². The molecular formula is C19H21NO4. The van der Waals surface area contributed by atoms with Crippen LogP contribution in [0, 0.1) is 20.8 Å². The predicted octanol–water partition coefficient (Wildman–Crippen LogP) is 3.72. The van der Waals surface area contributed by atoms with E-state index in [1.807, 2.05) is 26.8 Å². The van der Waals surface area contributed by atoms with Gasteiger partial charge in [0.2, 0.25) is 0 Å². The lowest BCUT2D eigenvalue weighted by Crippen LogP contribution is -2.30. The molecule has 0 aromatic heterocycles. The van der Waals surface area contributed by atoms with Crippen molar-refractivity contribution in [2.75, 3.05) is 5.32 Å². The highest BCUT2D eigenvalue weighted by Crippen LogP contribution is 2.24. The van der Waals surface area contributed by atoms with Crippen LogP contribution in [0.15, 0.2) is 36.4 Å². The van der Waals surface area contributed by atoms with Gasteiger partial charge in [0.05, 0.1) is 5.56 Å². The standard InChI is InChI=1S/C19H21NO4/c1-11-9-12(2)13(3)17(10-11)24-14(4)18(21)20-16-7-5-15(6-8-16)19(22)23/h5-10,14H,1-4H3,(H,20,21)(H,22,23)/t14-/m0/s1. The molecular weight excluding hydrogens is 306 g/mol. The first kappa shape index (κ1) is 17.5. The lowest BCUT2D eigenvalue weighted by molar-refractivity contribution is -0.122. The number of carboxylic acid groups (broad SMARTS) is 1. The number of carbonyl (C=O) groups excluding carboxylic acids is 1. The van der Waals surface area contributed by atoms with E-state index in [9.17, 15) is 9.59 Å². The third-order valence-electron chi connectivity index (χ3n) is 3.84. The van der Waals surface area contributed by atoms with E-state index in [1.165, 1.54) is 12.1 Å². The molecule has 1 atom stereocenters. The summed E-state index contributed by atoms with van der Waals surface area (Å²) in [6.45, 7) is 7.62. The number of carboxylic acids is 1. The Morgan fingerprint density at radius 1 is 1.08 bits per heavy atom. The normalized spacial score (nSPS) is 11.7. The van der Waals surface area contributed by atoms with Gasteiger partial charge in [0.15, 0.2) is 6.10 Å². The molecule has 0 aliphatic rings. The minimum absolute atomic E-state index is 0.170. The van der Waals surface area contributed by atoms with E-state index in [4.69, 9.17) is 9.84 Å². The smallest absolute Gasteiger partial charge is 0.335 e. The lowest BCUT2D eigenvalue weighted by Gasteiger charge is -2.18. The monoisotopic (exact) mass is 327 g/mol. The van der Waals surface area contributed by atoms with E-state index in [1.54, 1.807) is 19.1 Å². The van der Waals surface area contributed by atoms with E-state index in [0.29, 0.717) is 11.4 Å². The van der Waals surface area contributed by atoms with Gasteiger partial charge in [-0.25, -0.2) is 4.79 Å². The fourth-order valence-electron chi connectivity index (χ4n) is 2.31. The van der Waals surface area contributed by atoms with Crippen molar-refractivity contribution in [3.8, 4) is 5.75 Å². The molecule has 0 unspecified atom stereocenters. The van der Waals surface area contributed by atoms with Gasteiger partial charge in [-0.15, -0.1) is 0 Å². The number of benzene rings is 2. The van der Waals surface area contributed by atoms with Crippen LogP contribution < -0.4 is 10.1 Å². The summed E-state index contributed by atoms with van der Waals surface area (Å²) in [4.78, 5) is 23.1. The van der Waals surface area contributed by atoms with Crippen LogP contribution in [0.25, 0.3) is 0 Å². The molecule has 1 amide bonds. The quantitative estimate of drug-likeness (QED) is 0.877. The second kappa shape index (κ2) is 7.17. The van der Waals surface area contributed by atoms with Gasteiger partial charge in [-0.1, -0.05) is 6.07 Å². The average Bonchev–Trinajstić information content (AvgIpc) is 2.52. The summed E-state index contributed by atoms with van der Waals surface area (Å²) in [5.74, 6) is -0.608. The molecule has 0 radical (unpaired) electrons. The zero-order valence-corrected chi connectivity index (χ0v) is 14.2. The van der Waals surface area contributed by atoms with Crippen LogP contribution in [-0.2, 0) is 4.79 Å². The molecule has 2 N–H and O–H groups in total. The average molecular weight is 327 g/mol. The number of hydrogen-bond acceptors (Lipinski definition) is 3. The van der Waals surface area contributed by atoms with Crippen molar-refractivity contribution >= 4 is 17.6 Å². The minimum Gasteiger partial charge on any atom is -0.481 e. The van der Waals surface area contributed by atoms with E-state index in [0.717, 1.165) is 16.7 Å². The zero-order chi connectivity index (χ0) is 17.9. The van der Waals surface area contributed by atoms with Crippen molar-refractivity contribution in [2.24, 2.45) is 0 Å². The van der Waals surface area contributed by atoms with Crippen LogP contribution in [0.3, 0.4) is 0 Å². The molecule has 0 fully saturated rings. The van der Waals surface area contributed by atoms with Crippen LogP contribution in [0.1, 0.15) is 34.0 Å². The third-order valence-corrected chi connectivity index (χ3v) is 3.84. The van der Waals surface area contributed by atoms with Crippen LogP contribution in [0.5, 0.6) is 5.75 Å². The van der Waals surface area contributed by atoms with E-state index >= 15 is 0 Å². The van der Waals surface area contributed by atoms with Crippen molar-refractivity contribution in [1.82, 2.24) is 0 Å². The Morgan fingerprint density at radius 2 is 1.71 bits per heavy atom. The summed E-state index contributed by atoms with van der Waals surface area (Å²) in [7, 11) is 0. The van der Waals surface area contributed by atoms with Crippen molar-refractivity contribution in [3.63, 3.8) is 0 Å². The Kier molecular flexibility index (Phi) is 5.24. The van der Waals surface area contributed by atoms with Crippen molar-refractivity contribution in [2.45, 2.75) is 33.8 Å². The molecule has 5 nitrogen and oxygen atoms in total. The predicted molar refractivity (Wildman–Crippen MR) is 92.8 cm³/mol. The molecule has 0 saturated carbocycles. The number of anilines is 1. The third kappa shape index (κ3) is 4.13. The molecule has 5 heteroatoms. The number of carbonyl (C=O) groups is 2. The molecule has 0 heterocycles. The van der Waals surface area contributed by atoms with Gasteiger partial charge in [0, 0.05) is 5.69 Å². The molecule has 126 valence electrons. The Hall–Kier alpha value is -2.82. The molecule has 2 aromatic carbocycles. The number of nitrogens with one attached hydrogen (secondary N) is 1. The topological polar surface area (TPSA) is 75.6 Å². The number of amides is 1. The Balaban J connectivity index is 2.06. The Labute approximate surface area is 141 Å². The Morgan fingerprint density at radius 3 is 2.29 bits per heavy atom. The van der Waals surface area contributed by atoms with Crippen LogP contribution in [0.4, 0.5) is 5.69 Å². The van der Waals surface area contributed by atoms with Gasteiger partial charge in [-0.3, -0.25) is 4.79 Å². The maximum atomic E-state index is 12.3. The SMILES string of the molecule is Cc1cc(C)c(C)c(O[C@@H](C)C(=O)Nc2ccc(C(=O)O)cc2)c1. The number of ether oxygens (including phenoxy) is 1. The van der Waals surface area contributed by atoms with Crippen LogP contribution in [-0.4, -0.2) is 23.1 Å². The molecule has 0 spiro atoms. The number of hydrogen-bond donors (Lipinski definition) is 2. The Bertz CT molecular complexity index is 766. The molecule has 0 aliphatic carbocycles. The number of rotatable bonds is 5. The zero-order valence-electron chi connectivity index (χ0n) is 14.2. The first-order valence-corrected chi connectivity index (χ1v) is 7.66. The lowest BCUT2D eigenvalue weighted by atomic mass is 10.1. The fraction of sp³-hybridized carbons (Fsp3) is 0.263. The summed E-state index contributed by atoms with van der Waals surface area (Å²) in [5, 5.41) is 11.6. The highest BCUT2D eigenvalue weighted by molar-refractivity contribution is 5.95. The van der Waals surface area contributed by atoms with Crippen molar-refractivity contribution < 1.29 is 19.4 Å². The van der Waals surface area contributed by atoms with Gasteiger partial charge in [0.25, 0.3) is 5.91 Å². The van der Waals surface area contributed by atoms with E-state index in [2.05, 4.69) is 11.4 Å². The van der Waals surface area contributed by atoms with Crippen LogP contribution in [0.2, 0.25) is 0 Å². The van der Waals surface area contributed by atoms with Gasteiger partial charge < -0.3 is 15.2 Å². The summed E-state index contributed by atoms with van der Waals surface area (Å²) < 4.78 is 5.80. The van der Waals surface area contributed by atoms with E-state index < -0.39 is 12.1 Å². The van der Waals surface area contributed by atoms with Gasteiger partial charge in [-0.2, -0.15) is 0 Å². The number of aromatic carboxylic acids is 1. The highest BCUT2D eigenvalue weighted by atomic mass is 16.5. The van der Waals surface area contributed by atoms with Crippen LogP contribution >= 0.6 is 0 Å². The van der Waals surface area contributed by atoms with Gasteiger partial charge in [-0.05, 0) is 74.7 Å². The molecule has 24 heavy (non-hydrogen) atoms. The second-order valence-electron chi connectivity index (χ2n) is 5.84. The van der Waals surface area contributed by atoms with Crippen molar-refractivity contribution in [3.05, 3.63) is 58.7 Å². The minimum atomic E-state index is -1.00. The maximum Gasteiger partial charge on any atom is 0.335 e. The summed E-state index contributed by atoms with van der Waals surface area (Å²) in [6, 6.07) is 9.96. The largest absolute Gasteiger partial charge is 0.481 e. The fourth-order valence-corrected chi connectivity index (χ4v) is 2.31. The van der Waals surface area contributed by atoms with Gasteiger partial charge >= 0.3 is 5.97 Å². The molecule has 0 aliphatic heterocycles. The summed E-state index contributed by atoms with van der Waals surface area (Å²) in [6.07, 6.45) is -0.677. The molecule has 0 bridgehead atoms. The second-order valence-corrected chi connectivity index (χ2v) is 5.84. The first-order chi connectivity index (χ1) is 11.3. The maximum absolute atomic E-state index is 12.3. The molecule has 0 saturated heterocycles. The van der Waals surface area contributed by atoms with Crippen molar-refractivity contribution in [1.29, 1.82) is 0 Å². The number of aryl methyl sites for hydroxylation is 2. The highest BCUT2D eigenvalue weighted by Gasteiger charge is 2.17. The summed E-state index contributed by atoms with van der Waals surface area (Å²) >= 11 is 0.